The fraction of sp³-hybridized carbons (Fsp3) is 0.600. The van der Waals surface area contributed by atoms with Crippen molar-refractivity contribution in [3.05, 3.63) is 28.7 Å². The Hall–Kier alpha value is -2.16. The maximum Gasteiger partial charge on any atom is 0.153 e. The minimum absolute atomic E-state index is 0. The molecule has 0 saturated carbocycles. The maximum atomic E-state index is 10.1. The van der Waals surface area contributed by atoms with E-state index in [4.69, 9.17) is 37.3 Å². The maximum absolute atomic E-state index is 10.1. The lowest BCUT2D eigenvalue weighted by Crippen LogP contribution is -2.51. The number of halogens is 1. The molecule has 3 saturated heterocycles. The molecule has 3 aliphatic heterocycles. The molecule has 11 heteroatoms. The number of nitrogens with zero attached hydrogens (tertiary/aromatic N) is 6. The molecule has 2 atom stereocenters. The first-order valence-corrected chi connectivity index (χ1v) is 13.1. The summed E-state index contributed by atoms with van der Waals surface area (Å²) in [5.74, 6) is 1.43. The van der Waals surface area contributed by atoms with Crippen LogP contribution in [0.3, 0.4) is 0 Å². The van der Waals surface area contributed by atoms with Crippen LogP contribution in [0, 0.1) is 29.6 Å². The van der Waals surface area contributed by atoms with Crippen molar-refractivity contribution >= 4 is 35.0 Å². The first-order chi connectivity index (χ1) is 16.8. The highest BCUT2D eigenvalue weighted by Crippen LogP contribution is 2.43. The van der Waals surface area contributed by atoms with Gasteiger partial charge in [0.2, 0.25) is 0 Å². The molecule has 2 aromatic rings. The molecule has 5 heterocycles. The van der Waals surface area contributed by atoms with Crippen LogP contribution >= 0.6 is 23.4 Å². The Labute approximate surface area is 222 Å². The van der Waals surface area contributed by atoms with Crippen LogP contribution < -0.4 is 15.5 Å². The van der Waals surface area contributed by atoms with Gasteiger partial charge in [0.05, 0.1) is 42.0 Å². The summed E-state index contributed by atoms with van der Waals surface area (Å²) < 4.78 is 5.84. The van der Waals surface area contributed by atoms with E-state index in [1.165, 1.54) is 11.8 Å². The fourth-order valence-corrected chi connectivity index (χ4v) is 6.38. The zero-order valence-corrected chi connectivity index (χ0v) is 21.5. The van der Waals surface area contributed by atoms with Gasteiger partial charge in [0, 0.05) is 48.7 Å². The second-order valence-corrected chi connectivity index (χ2v) is 11.1. The molecule has 1 spiro atoms. The van der Waals surface area contributed by atoms with Crippen LogP contribution in [-0.2, 0) is 11.3 Å². The molecule has 0 radical (unpaired) electrons. The molecule has 2 aromatic heterocycles. The first kappa shape index (κ1) is 26.9. The van der Waals surface area contributed by atoms with Gasteiger partial charge in [0.25, 0.3) is 0 Å². The van der Waals surface area contributed by atoms with E-state index in [1.54, 1.807) is 6.20 Å². The molecule has 0 aromatic carbocycles. The third-order valence-electron chi connectivity index (χ3n) is 7.54. The van der Waals surface area contributed by atoms with E-state index in [1.807, 2.05) is 24.8 Å². The van der Waals surface area contributed by atoms with Gasteiger partial charge >= 0.3 is 0 Å². The lowest BCUT2D eigenvalue weighted by Gasteiger charge is -2.42. The summed E-state index contributed by atoms with van der Waals surface area (Å²) in [5.41, 5.74) is 7.82. The predicted molar refractivity (Wildman–Crippen MR) is 141 cm³/mol. The van der Waals surface area contributed by atoms with Crippen molar-refractivity contribution in [2.75, 3.05) is 42.6 Å². The average molecular weight is 532 g/mol. The zero-order valence-electron chi connectivity index (χ0n) is 19.9. The lowest BCUT2D eigenvalue weighted by molar-refractivity contribution is 0.0973. The lowest BCUT2D eigenvalue weighted by atomic mass is 9.73. The van der Waals surface area contributed by atoms with E-state index in [9.17, 15) is 5.11 Å². The highest BCUT2D eigenvalue weighted by Gasteiger charge is 2.47. The van der Waals surface area contributed by atoms with Crippen LogP contribution in [0.2, 0.25) is 5.02 Å². The van der Waals surface area contributed by atoms with Crippen LogP contribution in [0.5, 0.6) is 0 Å². The molecule has 36 heavy (non-hydrogen) atoms. The van der Waals surface area contributed by atoms with Crippen LogP contribution in [0.25, 0.3) is 0 Å². The molecule has 5 rings (SSSR count). The van der Waals surface area contributed by atoms with E-state index < -0.39 is 0 Å². The zero-order chi connectivity index (χ0) is 24.7. The van der Waals surface area contributed by atoms with E-state index in [0.717, 1.165) is 42.3 Å². The van der Waals surface area contributed by atoms with Crippen LogP contribution in [-0.4, -0.2) is 65.0 Å². The minimum atomic E-state index is -0.198. The molecular formula is C25H34ClN7O2S. The molecule has 0 unspecified atom stereocenters. The number of aliphatic hydroxyl groups is 1. The van der Waals surface area contributed by atoms with Crippen molar-refractivity contribution in [1.29, 1.82) is 5.26 Å². The van der Waals surface area contributed by atoms with Gasteiger partial charge in [-0.3, -0.25) is 0 Å². The Bertz CT molecular complexity index is 1150. The average Bonchev–Trinajstić information content (AvgIpc) is 3.10. The van der Waals surface area contributed by atoms with E-state index in [2.05, 4.69) is 16.0 Å². The molecular weight excluding hydrogens is 498 g/mol. The quantitative estimate of drug-likeness (QED) is 0.593. The van der Waals surface area contributed by atoms with Crippen molar-refractivity contribution in [3.63, 3.8) is 0 Å². The Morgan fingerprint density at radius 2 is 2.00 bits per heavy atom. The SMILES string of the molecule is C.Cc1nc(N2CCC3(CC2)CO[C@@H](C)[C@H]3N)c(CO)nc1Sc1ccnc(N2CC(C#N)C2)c1Cl. The highest BCUT2D eigenvalue weighted by molar-refractivity contribution is 7.99. The number of piperidine rings is 1. The third kappa shape index (κ3) is 4.75. The van der Waals surface area contributed by atoms with Gasteiger partial charge in [0.15, 0.2) is 5.82 Å². The smallest absolute Gasteiger partial charge is 0.153 e. The number of aromatic nitrogens is 3. The second kappa shape index (κ2) is 10.7. The molecule has 0 aliphatic carbocycles. The number of hydrogen-bond donors (Lipinski definition) is 2. The molecule has 3 aliphatic rings. The van der Waals surface area contributed by atoms with Gasteiger partial charge in [-0.2, -0.15) is 5.26 Å². The van der Waals surface area contributed by atoms with Gasteiger partial charge in [-0.05, 0) is 32.8 Å². The normalized spacial score (nSPS) is 23.3. The number of ether oxygens (including phenoxy) is 1. The number of aliphatic hydroxyl groups excluding tert-OH is 1. The van der Waals surface area contributed by atoms with Crippen LogP contribution in [0.1, 0.15) is 38.6 Å². The number of hydrogen-bond acceptors (Lipinski definition) is 10. The summed E-state index contributed by atoms with van der Waals surface area (Å²) in [7, 11) is 0. The number of nitrogens with two attached hydrogens (primary N) is 1. The largest absolute Gasteiger partial charge is 0.390 e. The fourth-order valence-electron chi connectivity index (χ4n) is 5.17. The first-order valence-electron chi connectivity index (χ1n) is 11.9. The van der Waals surface area contributed by atoms with Gasteiger partial charge in [-0.25, -0.2) is 15.0 Å². The molecule has 3 fully saturated rings. The van der Waals surface area contributed by atoms with E-state index in [-0.39, 0.29) is 37.5 Å². The Balaban J connectivity index is 0.00000304. The molecule has 3 N–H and O–H groups in total. The van der Waals surface area contributed by atoms with Crippen molar-refractivity contribution in [3.8, 4) is 6.07 Å². The number of nitriles is 1. The molecule has 194 valence electrons. The van der Waals surface area contributed by atoms with Crippen molar-refractivity contribution in [2.45, 2.75) is 62.8 Å². The van der Waals surface area contributed by atoms with Gasteiger partial charge in [-0.15, -0.1) is 0 Å². The van der Waals surface area contributed by atoms with Gasteiger partial charge in [-0.1, -0.05) is 30.8 Å². The summed E-state index contributed by atoms with van der Waals surface area (Å²) in [6.45, 7) is 7.35. The summed E-state index contributed by atoms with van der Waals surface area (Å²) in [4.78, 5) is 19.1. The van der Waals surface area contributed by atoms with E-state index in [0.29, 0.717) is 41.3 Å². The van der Waals surface area contributed by atoms with Gasteiger partial charge < -0.3 is 25.4 Å². The summed E-state index contributed by atoms with van der Waals surface area (Å²) >= 11 is 8.10. The Morgan fingerprint density at radius 1 is 1.28 bits per heavy atom. The molecule has 0 bridgehead atoms. The standard InChI is InChI=1S/C24H30ClN7O2S.CH4/c1-14-23(35-18-3-6-28-22(19(18)25)32-10-16(9-26)11-32)30-17(12-33)21(29-14)31-7-4-24(5-8-31)13-34-15(2)20(24)27;/h3,6,15-16,20,33H,4-5,7-8,10-13,27H2,1-2H3;1H4/t15-,20+;/m0./s1. The monoisotopic (exact) mass is 531 g/mol. The molecule has 9 nitrogen and oxygen atoms in total. The Morgan fingerprint density at radius 3 is 2.61 bits per heavy atom. The third-order valence-corrected chi connectivity index (χ3v) is 9.16. The number of rotatable bonds is 5. The van der Waals surface area contributed by atoms with E-state index >= 15 is 0 Å². The Kier molecular flexibility index (Phi) is 7.98. The topological polar surface area (TPSA) is 124 Å². The molecule has 0 amide bonds. The van der Waals surface area contributed by atoms with Gasteiger partial charge in [0.1, 0.15) is 16.5 Å². The number of anilines is 2. The number of aryl methyl sites for hydroxylation is 1. The second-order valence-electron chi connectivity index (χ2n) is 9.71. The predicted octanol–water partition coefficient (Wildman–Crippen LogP) is 3.41. The van der Waals surface area contributed by atoms with Crippen molar-refractivity contribution in [2.24, 2.45) is 17.1 Å². The van der Waals surface area contributed by atoms with Crippen LogP contribution in [0.15, 0.2) is 22.2 Å². The number of pyridine rings is 1. The summed E-state index contributed by atoms with van der Waals surface area (Å²) in [6.07, 6.45) is 3.66. The van der Waals surface area contributed by atoms with Crippen molar-refractivity contribution < 1.29 is 9.84 Å². The minimum Gasteiger partial charge on any atom is -0.390 e. The van der Waals surface area contributed by atoms with Crippen LogP contribution in [0.4, 0.5) is 11.6 Å². The summed E-state index contributed by atoms with van der Waals surface area (Å²) in [5, 5.41) is 20.4. The summed E-state index contributed by atoms with van der Waals surface area (Å²) in [6, 6.07) is 4.17. The highest BCUT2D eigenvalue weighted by atomic mass is 35.5. The van der Waals surface area contributed by atoms with Crippen molar-refractivity contribution in [1.82, 2.24) is 15.0 Å².